The van der Waals surface area contributed by atoms with E-state index >= 15 is 0 Å². The van der Waals surface area contributed by atoms with E-state index in [1.807, 2.05) is 20.9 Å². The van der Waals surface area contributed by atoms with E-state index in [1.54, 1.807) is 17.1 Å². The van der Waals surface area contributed by atoms with Gasteiger partial charge in [-0.3, -0.25) is 4.68 Å². The molecule has 108 valence electrons. The van der Waals surface area contributed by atoms with E-state index in [9.17, 15) is 0 Å². The summed E-state index contributed by atoms with van der Waals surface area (Å²) in [5.41, 5.74) is 2.84. The van der Waals surface area contributed by atoms with Gasteiger partial charge in [0.05, 0.1) is 5.69 Å². The monoisotopic (exact) mass is 275 g/mol. The van der Waals surface area contributed by atoms with E-state index in [-0.39, 0.29) is 0 Å². The van der Waals surface area contributed by atoms with E-state index in [2.05, 4.69) is 27.3 Å². The van der Waals surface area contributed by atoms with Gasteiger partial charge in [0.2, 0.25) is 0 Å². The Morgan fingerprint density at radius 3 is 2.50 bits per heavy atom. The van der Waals surface area contributed by atoms with Crippen LogP contribution in [0, 0.1) is 13.8 Å². The molecular formula is C14H21N5O. The lowest BCUT2D eigenvalue weighted by atomic mass is 10.3. The summed E-state index contributed by atoms with van der Waals surface area (Å²) in [6, 6.07) is 0.350. The van der Waals surface area contributed by atoms with Gasteiger partial charge in [0.15, 0.2) is 5.75 Å². The molecule has 0 spiro atoms. The Morgan fingerprint density at radius 1 is 1.25 bits per heavy atom. The SMILES string of the molecule is CCCNCc1cnc(Oc2c(C)nn(C)c2C)nc1. The molecule has 0 radical (unpaired) electrons. The lowest BCUT2D eigenvalue weighted by molar-refractivity contribution is 0.433. The predicted molar refractivity (Wildman–Crippen MR) is 76.8 cm³/mol. The minimum absolute atomic E-state index is 0.350. The highest BCUT2D eigenvalue weighted by Crippen LogP contribution is 2.25. The number of hydrogen-bond acceptors (Lipinski definition) is 5. The number of rotatable bonds is 6. The van der Waals surface area contributed by atoms with Gasteiger partial charge >= 0.3 is 6.01 Å². The van der Waals surface area contributed by atoms with E-state index in [1.165, 1.54) is 0 Å². The average Bonchev–Trinajstić information content (AvgIpc) is 2.67. The van der Waals surface area contributed by atoms with Crippen LogP contribution in [0.3, 0.4) is 0 Å². The second-order valence-corrected chi connectivity index (χ2v) is 4.78. The summed E-state index contributed by atoms with van der Waals surface area (Å²) in [6.45, 7) is 7.77. The van der Waals surface area contributed by atoms with Crippen molar-refractivity contribution in [1.82, 2.24) is 25.1 Å². The fraction of sp³-hybridized carbons (Fsp3) is 0.500. The highest BCUT2D eigenvalue weighted by molar-refractivity contribution is 5.33. The van der Waals surface area contributed by atoms with Crippen molar-refractivity contribution in [3.8, 4) is 11.8 Å². The van der Waals surface area contributed by atoms with Crippen molar-refractivity contribution in [1.29, 1.82) is 0 Å². The van der Waals surface area contributed by atoms with Crippen LogP contribution in [0.1, 0.15) is 30.3 Å². The van der Waals surface area contributed by atoms with E-state index in [4.69, 9.17) is 4.74 Å². The Labute approximate surface area is 119 Å². The Kier molecular flexibility index (Phi) is 4.68. The summed E-state index contributed by atoms with van der Waals surface area (Å²) < 4.78 is 7.50. The fourth-order valence-electron chi connectivity index (χ4n) is 1.89. The predicted octanol–water partition coefficient (Wildman–Crippen LogP) is 2.12. The maximum atomic E-state index is 5.72. The zero-order chi connectivity index (χ0) is 14.5. The maximum Gasteiger partial charge on any atom is 0.322 e. The summed E-state index contributed by atoms with van der Waals surface area (Å²) in [5, 5.41) is 7.61. The summed E-state index contributed by atoms with van der Waals surface area (Å²) in [5.74, 6) is 0.726. The molecule has 0 bridgehead atoms. The number of hydrogen-bond donors (Lipinski definition) is 1. The molecule has 20 heavy (non-hydrogen) atoms. The number of ether oxygens (including phenoxy) is 1. The lowest BCUT2D eigenvalue weighted by Gasteiger charge is -2.05. The lowest BCUT2D eigenvalue weighted by Crippen LogP contribution is -2.14. The van der Waals surface area contributed by atoms with Gasteiger partial charge in [0, 0.05) is 31.5 Å². The number of aryl methyl sites for hydroxylation is 2. The number of aromatic nitrogens is 4. The molecule has 1 N–H and O–H groups in total. The maximum absolute atomic E-state index is 5.72. The van der Waals surface area contributed by atoms with Gasteiger partial charge in [0.1, 0.15) is 5.69 Å². The molecule has 0 aliphatic carbocycles. The van der Waals surface area contributed by atoms with Crippen molar-refractivity contribution in [3.05, 3.63) is 29.3 Å². The molecule has 6 nitrogen and oxygen atoms in total. The third-order valence-electron chi connectivity index (χ3n) is 3.07. The third kappa shape index (κ3) is 3.33. The molecule has 6 heteroatoms. The van der Waals surface area contributed by atoms with Gasteiger partial charge in [-0.05, 0) is 26.8 Å². The highest BCUT2D eigenvalue weighted by atomic mass is 16.5. The average molecular weight is 275 g/mol. The quantitative estimate of drug-likeness (QED) is 0.818. The molecule has 0 fully saturated rings. The van der Waals surface area contributed by atoms with Gasteiger partial charge in [-0.25, -0.2) is 9.97 Å². The van der Waals surface area contributed by atoms with Gasteiger partial charge < -0.3 is 10.1 Å². The molecule has 0 amide bonds. The Bertz CT molecular complexity index is 562. The molecule has 0 saturated heterocycles. The van der Waals surface area contributed by atoms with Gasteiger partial charge in [-0.1, -0.05) is 6.92 Å². The smallest absolute Gasteiger partial charge is 0.322 e. The number of nitrogens with zero attached hydrogens (tertiary/aromatic N) is 4. The van der Waals surface area contributed by atoms with Crippen LogP contribution in [0.4, 0.5) is 0 Å². The molecule has 0 unspecified atom stereocenters. The molecule has 2 heterocycles. The zero-order valence-corrected chi connectivity index (χ0v) is 12.5. The van der Waals surface area contributed by atoms with Gasteiger partial charge in [-0.2, -0.15) is 5.10 Å². The van der Waals surface area contributed by atoms with Crippen LogP contribution in [-0.4, -0.2) is 26.3 Å². The standard InChI is InChI=1S/C14H21N5O/c1-5-6-15-7-12-8-16-14(17-9-12)20-13-10(2)18-19(4)11(13)3/h8-9,15H,5-7H2,1-4H3. The van der Waals surface area contributed by atoms with Crippen molar-refractivity contribution >= 4 is 0 Å². The minimum atomic E-state index is 0.350. The second-order valence-electron chi connectivity index (χ2n) is 4.78. The first-order valence-corrected chi connectivity index (χ1v) is 6.81. The fourth-order valence-corrected chi connectivity index (χ4v) is 1.89. The Morgan fingerprint density at radius 2 is 1.95 bits per heavy atom. The van der Waals surface area contributed by atoms with E-state index in [0.29, 0.717) is 6.01 Å². The van der Waals surface area contributed by atoms with Crippen molar-refractivity contribution in [3.63, 3.8) is 0 Å². The first-order valence-electron chi connectivity index (χ1n) is 6.81. The molecule has 0 aliphatic rings. The van der Waals surface area contributed by atoms with Crippen LogP contribution < -0.4 is 10.1 Å². The first kappa shape index (κ1) is 14.5. The second kappa shape index (κ2) is 6.47. The Balaban J connectivity index is 2.03. The highest BCUT2D eigenvalue weighted by Gasteiger charge is 2.12. The summed E-state index contributed by atoms with van der Waals surface area (Å²) in [7, 11) is 1.89. The van der Waals surface area contributed by atoms with Gasteiger partial charge in [-0.15, -0.1) is 0 Å². The van der Waals surface area contributed by atoms with Crippen LogP contribution in [0.15, 0.2) is 12.4 Å². The van der Waals surface area contributed by atoms with Crippen LogP contribution in [0.5, 0.6) is 11.8 Å². The summed E-state index contributed by atoms with van der Waals surface area (Å²) in [6.07, 6.45) is 4.68. The molecule has 2 rings (SSSR count). The van der Waals surface area contributed by atoms with Crippen molar-refractivity contribution in [2.75, 3.05) is 6.54 Å². The minimum Gasteiger partial charge on any atom is -0.420 e. The zero-order valence-electron chi connectivity index (χ0n) is 12.5. The van der Waals surface area contributed by atoms with Crippen LogP contribution in [0.25, 0.3) is 0 Å². The molecule has 0 atom stereocenters. The van der Waals surface area contributed by atoms with Crippen LogP contribution >= 0.6 is 0 Å². The normalized spacial score (nSPS) is 10.8. The molecule has 0 aliphatic heterocycles. The van der Waals surface area contributed by atoms with Gasteiger partial charge in [0.25, 0.3) is 0 Å². The topological polar surface area (TPSA) is 64.9 Å². The number of nitrogens with one attached hydrogen (secondary N) is 1. The van der Waals surface area contributed by atoms with Crippen LogP contribution in [-0.2, 0) is 13.6 Å². The van der Waals surface area contributed by atoms with Crippen molar-refractivity contribution in [2.45, 2.75) is 33.7 Å². The summed E-state index contributed by atoms with van der Waals surface area (Å²) >= 11 is 0. The largest absolute Gasteiger partial charge is 0.420 e. The Hall–Kier alpha value is -1.95. The van der Waals surface area contributed by atoms with E-state index < -0.39 is 0 Å². The molecular weight excluding hydrogens is 254 g/mol. The van der Waals surface area contributed by atoms with Crippen molar-refractivity contribution < 1.29 is 4.74 Å². The molecule has 0 aromatic carbocycles. The van der Waals surface area contributed by atoms with E-state index in [0.717, 1.165) is 42.2 Å². The first-order chi connectivity index (χ1) is 9.61. The van der Waals surface area contributed by atoms with Crippen molar-refractivity contribution in [2.24, 2.45) is 7.05 Å². The van der Waals surface area contributed by atoms with Crippen LogP contribution in [0.2, 0.25) is 0 Å². The third-order valence-corrected chi connectivity index (χ3v) is 3.07. The summed E-state index contributed by atoms with van der Waals surface area (Å²) in [4.78, 5) is 8.47. The molecule has 0 saturated carbocycles. The molecule has 2 aromatic rings. The molecule has 2 aromatic heterocycles.